The lowest BCUT2D eigenvalue weighted by molar-refractivity contribution is 0.713. The molecule has 0 amide bonds. The SMILES string of the molecule is CNCCCN(C)c1ccncc1N. The maximum Gasteiger partial charge on any atom is 0.0738 e. The van der Waals surface area contributed by atoms with Gasteiger partial charge in [0, 0.05) is 19.8 Å². The largest absolute Gasteiger partial charge is 0.396 e. The first-order chi connectivity index (χ1) is 6.75. The zero-order valence-electron chi connectivity index (χ0n) is 8.83. The van der Waals surface area contributed by atoms with E-state index in [1.807, 2.05) is 20.2 Å². The monoisotopic (exact) mass is 194 g/mol. The van der Waals surface area contributed by atoms with E-state index in [-0.39, 0.29) is 0 Å². The Morgan fingerprint density at radius 3 is 3.00 bits per heavy atom. The molecule has 1 aromatic rings. The first-order valence-electron chi connectivity index (χ1n) is 4.81. The molecule has 0 aliphatic rings. The van der Waals surface area contributed by atoms with Gasteiger partial charge in [0.05, 0.1) is 17.6 Å². The van der Waals surface area contributed by atoms with Crippen molar-refractivity contribution in [3.8, 4) is 0 Å². The van der Waals surface area contributed by atoms with Crippen molar-refractivity contribution >= 4 is 11.4 Å². The summed E-state index contributed by atoms with van der Waals surface area (Å²) in [6.45, 7) is 2.02. The molecule has 0 aliphatic carbocycles. The number of aromatic nitrogens is 1. The lowest BCUT2D eigenvalue weighted by Crippen LogP contribution is -2.23. The van der Waals surface area contributed by atoms with Gasteiger partial charge in [-0.1, -0.05) is 0 Å². The zero-order valence-corrected chi connectivity index (χ0v) is 8.83. The Morgan fingerprint density at radius 2 is 2.36 bits per heavy atom. The number of rotatable bonds is 5. The average Bonchev–Trinajstić information content (AvgIpc) is 2.18. The minimum absolute atomic E-state index is 0.736. The summed E-state index contributed by atoms with van der Waals surface area (Å²) in [6.07, 6.45) is 4.55. The lowest BCUT2D eigenvalue weighted by Gasteiger charge is -2.20. The summed E-state index contributed by atoms with van der Waals surface area (Å²) in [5.41, 5.74) is 7.59. The summed E-state index contributed by atoms with van der Waals surface area (Å²) in [6, 6.07) is 1.94. The van der Waals surface area contributed by atoms with Crippen molar-refractivity contribution in [2.24, 2.45) is 0 Å². The highest BCUT2D eigenvalue weighted by molar-refractivity contribution is 5.65. The molecule has 0 bridgehead atoms. The first-order valence-corrected chi connectivity index (χ1v) is 4.81. The Kier molecular flexibility index (Phi) is 4.19. The molecule has 78 valence electrons. The van der Waals surface area contributed by atoms with Crippen LogP contribution >= 0.6 is 0 Å². The molecule has 0 atom stereocenters. The molecule has 0 saturated heterocycles. The van der Waals surface area contributed by atoms with Gasteiger partial charge in [-0.3, -0.25) is 4.98 Å². The van der Waals surface area contributed by atoms with Crippen molar-refractivity contribution in [2.75, 3.05) is 37.8 Å². The van der Waals surface area contributed by atoms with Crippen molar-refractivity contribution in [3.05, 3.63) is 18.5 Å². The fourth-order valence-corrected chi connectivity index (χ4v) is 1.36. The van der Waals surface area contributed by atoms with Crippen molar-refractivity contribution < 1.29 is 0 Å². The maximum absolute atomic E-state index is 5.81. The molecule has 0 aliphatic heterocycles. The van der Waals surface area contributed by atoms with Crippen LogP contribution in [-0.2, 0) is 0 Å². The normalized spacial score (nSPS) is 10.1. The number of pyridine rings is 1. The highest BCUT2D eigenvalue weighted by Gasteiger charge is 2.03. The third-order valence-electron chi connectivity index (χ3n) is 2.16. The van der Waals surface area contributed by atoms with Gasteiger partial charge in [0.1, 0.15) is 0 Å². The number of hydrogen-bond donors (Lipinski definition) is 2. The molecule has 4 heteroatoms. The van der Waals surface area contributed by atoms with E-state index >= 15 is 0 Å². The van der Waals surface area contributed by atoms with Crippen LogP contribution < -0.4 is 16.0 Å². The zero-order chi connectivity index (χ0) is 10.4. The second-order valence-electron chi connectivity index (χ2n) is 3.31. The molecule has 0 unspecified atom stereocenters. The number of nitrogen functional groups attached to an aromatic ring is 1. The van der Waals surface area contributed by atoms with E-state index in [0.717, 1.165) is 30.9 Å². The van der Waals surface area contributed by atoms with Crippen molar-refractivity contribution in [1.82, 2.24) is 10.3 Å². The summed E-state index contributed by atoms with van der Waals surface area (Å²) in [4.78, 5) is 6.11. The first kappa shape index (κ1) is 10.8. The van der Waals surface area contributed by atoms with Crippen LogP contribution in [0, 0.1) is 0 Å². The van der Waals surface area contributed by atoms with Gasteiger partial charge in [-0.05, 0) is 26.1 Å². The topological polar surface area (TPSA) is 54.2 Å². The van der Waals surface area contributed by atoms with E-state index < -0.39 is 0 Å². The standard InChI is InChI=1S/C10H18N4/c1-12-5-3-7-14(2)10-4-6-13-8-9(10)11/h4,6,8,12H,3,5,7,11H2,1-2H3. The van der Waals surface area contributed by atoms with E-state index in [4.69, 9.17) is 5.73 Å². The molecule has 0 aromatic carbocycles. The highest BCUT2D eigenvalue weighted by atomic mass is 15.1. The summed E-state index contributed by atoms with van der Waals surface area (Å²) in [5, 5.41) is 3.12. The van der Waals surface area contributed by atoms with Crippen LogP contribution in [0.4, 0.5) is 11.4 Å². The second-order valence-corrected chi connectivity index (χ2v) is 3.31. The summed E-state index contributed by atoms with van der Waals surface area (Å²) in [7, 11) is 4.00. The average molecular weight is 194 g/mol. The molecular formula is C10H18N4. The Labute approximate surface area is 85.1 Å². The minimum atomic E-state index is 0.736. The second kappa shape index (κ2) is 5.44. The molecule has 1 heterocycles. The quantitative estimate of drug-likeness (QED) is 0.678. The van der Waals surface area contributed by atoms with Gasteiger partial charge in [-0.2, -0.15) is 0 Å². The maximum atomic E-state index is 5.81. The number of nitrogens with one attached hydrogen (secondary N) is 1. The molecule has 1 aromatic heterocycles. The van der Waals surface area contributed by atoms with Crippen LogP contribution in [0.5, 0.6) is 0 Å². The van der Waals surface area contributed by atoms with Gasteiger partial charge >= 0.3 is 0 Å². The van der Waals surface area contributed by atoms with Crippen molar-refractivity contribution in [3.63, 3.8) is 0 Å². The molecule has 0 radical (unpaired) electrons. The number of anilines is 2. The van der Waals surface area contributed by atoms with Crippen LogP contribution in [0.1, 0.15) is 6.42 Å². The molecule has 14 heavy (non-hydrogen) atoms. The molecular weight excluding hydrogens is 176 g/mol. The fraction of sp³-hybridized carbons (Fsp3) is 0.500. The summed E-state index contributed by atoms with van der Waals surface area (Å²) < 4.78 is 0. The van der Waals surface area contributed by atoms with Gasteiger partial charge in [-0.15, -0.1) is 0 Å². The molecule has 1 rings (SSSR count). The van der Waals surface area contributed by atoms with Gasteiger partial charge in [0.15, 0.2) is 0 Å². The van der Waals surface area contributed by atoms with Gasteiger partial charge in [0.2, 0.25) is 0 Å². The smallest absolute Gasteiger partial charge is 0.0738 e. The molecule has 0 fully saturated rings. The Bertz CT molecular complexity index is 275. The number of nitrogens with two attached hydrogens (primary N) is 1. The summed E-state index contributed by atoms with van der Waals surface area (Å²) >= 11 is 0. The predicted molar refractivity (Wildman–Crippen MR) is 60.5 cm³/mol. The molecule has 3 N–H and O–H groups in total. The van der Waals surface area contributed by atoms with Gasteiger partial charge in [0.25, 0.3) is 0 Å². The Morgan fingerprint density at radius 1 is 1.57 bits per heavy atom. The van der Waals surface area contributed by atoms with Crippen LogP contribution in [0.25, 0.3) is 0 Å². The fourth-order valence-electron chi connectivity index (χ4n) is 1.36. The highest BCUT2D eigenvalue weighted by Crippen LogP contribution is 2.19. The molecule has 0 saturated carbocycles. The Balaban J connectivity index is 2.51. The third kappa shape index (κ3) is 2.88. The van der Waals surface area contributed by atoms with Crippen LogP contribution in [-0.4, -0.2) is 32.2 Å². The van der Waals surface area contributed by atoms with E-state index in [2.05, 4.69) is 15.2 Å². The number of hydrogen-bond acceptors (Lipinski definition) is 4. The summed E-state index contributed by atoms with van der Waals surface area (Å²) in [5.74, 6) is 0. The number of nitrogens with zero attached hydrogens (tertiary/aromatic N) is 2. The van der Waals surface area contributed by atoms with E-state index in [1.54, 1.807) is 12.4 Å². The van der Waals surface area contributed by atoms with Crippen LogP contribution in [0.15, 0.2) is 18.5 Å². The molecule has 4 nitrogen and oxygen atoms in total. The van der Waals surface area contributed by atoms with Crippen molar-refractivity contribution in [2.45, 2.75) is 6.42 Å². The Hall–Kier alpha value is -1.29. The van der Waals surface area contributed by atoms with Crippen LogP contribution in [0.2, 0.25) is 0 Å². The van der Waals surface area contributed by atoms with Gasteiger partial charge < -0.3 is 16.0 Å². The van der Waals surface area contributed by atoms with Gasteiger partial charge in [-0.25, -0.2) is 0 Å². The third-order valence-corrected chi connectivity index (χ3v) is 2.16. The van der Waals surface area contributed by atoms with Crippen LogP contribution in [0.3, 0.4) is 0 Å². The molecule has 0 spiro atoms. The lowest BCUT2D eigenvalue weighted by atomic mass is 10.3. The predicted octanol–water partition coefficient (Wildman–Crippen LogP) is 0.709. The van der Waals surface area contributed by atoms with E-state index in [9.17, 15) is 0 Å². The van der Waals surface area contributed by atoms with E-state index in [0.29, 0.717) is 0 Å². The van der Waals surface area contributed by atoms with Crippen molar-refractivity contribution in [1.29, 1.82) is 0 Å². The van der Waals surface area contributed by atoms with E-state index in [1.165, 1.54) is 0 Å². The minimum Gasteiger partial charge on any atom is -0.396 e.